The predicted octanol–water partition coefficient (Wildman–Crippen LogP) is 14.1. The Morgan fingerprint density at radius 2 is 0.875 bits per heavy atom. The van der Waals surface area contributed by atoms with E-state index in [1.807, 2.05) is 72.0 Å². The largest absolute Gasteiger partial charge is 0.456 e. The van der Waals surface area contributed by atoms with Crippen LogP contribution in [0.3, 0.4) is 0 Å². The van der Waals surface area contributed by atoms with Crippen molar-refractivity contribution >= 4 is 53.4 Å². The fraction of sp³-hybridized carbons (Fsp3) is 0. The fourth-order valence-corrected chi connectivity index (χ4v) is 9.05. The van der Waals surface area contributed by atoms with Gasteiger partial charge in [0.15, 0.2) is 17.5 Å². The van der Waals surface area contributed by atoms with Crippen molar-refractivity contribution in [3.63, 3.8) is 0 Å². The molecule has 0 aliphatic heterocycles. The van der Waals surface area contributed by atoms with Gasteiger partial charge in [-0.3, -0.25) is 0 Å². The molecule has 0 N–H and O–H groups in total. The minimum atomic E-state index is 0.600. The summed E-state index contributed by atoms with van der Waals surface area (Å²) in [6, 6.07) is 65.8. The summed E-state index contributed by atoms with van der Waals surface area (Å²) in [6.45, 7) is 0. The first-order chi connectivity index (χ1) is 27.7. The third-order valence-corrected chi connectivity index (χ3v) is 11.8. The zero-order valence-electron chi connectivity index (χ0n) is 30.1. The van der Waals surface area contributed by atoms with Crippen LogP contribution in [-0.4, -0.2) is 15.0 Å². The van der Waals surface area contributed by atoms with Crippen LogP contribution < -0.4 is 0 Å². The highest BCUT2D eigenvalue weighted by molar-refractivity contribution is 7.26. The Morgan fingerprint density at radius 3 is 1.57 bits per heavy atom. The number of fused-ring (bicyclic) bond motifs is 6. The predicted molar refractivity (Wildman–Crippen MR) is 233 cm³/mol. The van der Waals surface area contributed by atoms with Gasteiger partial charge in [0.05, 0.1) is 0 Å². The first-order valence-corrected chi connectivity index (χ1v) is 19.5. The van der Waals surface area contributed by atoms with E-state index in [2.05, 4.69) is 127 Å². The van der Waals surface area contributed by atoms with E-state index >= 15 is 0 Å². The Balaban J connectivity index is 1.01. The Hall–Kier alpha value is -7.21. The average Bonchev–Trinajstić information content (AvgIpc) is 3.85. The summed E-state index contributed by atoms with van der Waals surface area (Å²) in [6.07, 6.45) is 0. The highest BCUT2D eigenvalue weighted by atomic mass is 32.1. The van der Waals surface area contributed by atoms with Crippen molar-refractivity contribution in [2.45, 2.75) is 0 Å². The van der Waals surface area contributed by atoms with Crippen LogP contribution in [0.5, 0.6) is 0 Å². The maximum Gasteiger partial charge on any atom is 0.164 e. The number of furan rings is 1. The maximum atomic E-state index is 6.52. The van der Waals surface area contributed by atoms with Crippen LogP contribution in [0.15, 0.2) is 192 Å². The Bertz CT molecular complexity index is 3170. The van der Waals surface area contributed by atoms with E-state index in [1.165, 1.54) is 48.0 Å². The van der Waals surface area contributed by atoms with E-state index in [1.54, 1.807) is 0 Å². The molecule has 0 radical (unpaired) electrons. The molecule has 262 valence electrons. The highest BCUT2D eigenvalue weighted by Gasteiger charge is 2.18. The molecule has 0 amide bonds. The molecule has 3 aromatic heterocycles. The van der Waals surface area contributed by atoms with Gasteiger partial charge in [-0.2, -0.15) is 0 Å². The van der Waals surface area contributed by atoms with Crippen LogP contribution in [0, 0.1) is 0 Å². The van der Waals surface area contributed by atoms with Crippen molar-refractivity contribution in [3.8, 4) is 67.5 Å². The second kappa shape index (κ2) is 13.3. The number of rotatable bonds is 6. The van der Waals surface area contributed by atoms with Crippen LogP contribution in [0.2, 0.25) is 0 Å². The average molecular weight is 734 g/mol. The number of thiophene rings is 1. The van der Waals surface area contributed by atoms with Gasteiger partial charge in [0.1, 0.15) is 11.2 Å². The van der Waals surface area contributed by atoms with Crippen LogP contribution in [0.25, 0.3) is 110 Å². The highest BCUT2D eigenvalue weighted by Crippen LogP contribution is 2.46. The molecule has 11 aromatic rings. The SMILES string of the molecule is c1ccc(-c2ccc(-c3ccc(-c4ccc5oc6cc(-c7nc(-c8ccccc8)nc(-c8ccccc8)n7)ccc6c5c4)c4sc5ccccc5c34)cc2)cc1. The van der Waals surface area contributed by atoms with Gasteiger partial charge >= 0.3 is 0 Å². The minimum Gasteiger partial charge on any atom is -0.456 e. The second-order valence-electron chi connectivity index (χ2n) is 14.0. The molecule has 0 saturated carbocycles. The third kappa shape index (κ3) is 5.56. The second-order valence-corrected chi connectivity index (χ2v) is 15.0. The van der Waals surface area contributed by atoms with E-state index in [0.717, 1.165) is 44.2 Å². The Kier molecular flexibility index (Phi) is 7.64. The van der Waals surface area contributed by atoms with Crippen molar-refractivity contribution in [1.29, 1.82) is 0 Å². The summed E-state index contributed by atoms with van der Waals surface area (Å²) in [5.74, 6) is 1.86. The smallest absolute Gasteiger partial charge is 0.164 e. The van der Waals surface area contributed by atoms with Crippen molar-refractivity contribution in [2.75, 3.05) is 0 Å². The van der Waals surface area contributed by atoms with Crippen molar-refractivity contribution in [1.82, 2.24) is 15.0 Å². The number of nitrogens with zero attached hydrogens (tertiary/aromatic N) is 3. The summed E-state index contributed by atoms with van der Waals surface area (Å²) in [5, 5.41) is 4.70. The number of benzene rings is 8. The Morgan fingerprint density at radius 1 is 0.339 bits per heavy atom. The normalized spacial score (nSPS) is 11.6. The first-order valence-electron chi connectivity index (χ1n) is 18.7. The molecule has 3 heterocycles. The summed E-state index contributed by atoms with van der Waals surface area (Å²) >= 11 is 1.86. The molecule has 0 bridgehead atoms. The lowest BCUT2D eigenvalue weighted by Crippen LogP contribution is -2.00. The lowest BCUT2D eigenvalue weighted by molar-refractivity contribution is 0.669. The molecule has 0 saturated heterocycles. The van der Waals surface area contributed by atoms with E-state index in [9.17, 15) is 0 Å². The first kappa shape index (κ1) is 32.2. The van der Waals surface area contributed by atoms with Crippen molar-refractivity contribution in [2.24, 2.45) is 0 Å². The van der Waals surface area contributed by atoms with E-state index in [4.69, 9.17) is 19.4 Å². The molecule has 56 heavy (non-hydrogen) atoms. The summed E-state index contributed by atoms with van der Waals surface area (Å²) in [7, 11) is 0. The molecule has 0 unspecified atom stereocenters. The third-order valence-electron chi connectivity index (χ3n) is 10.6. The molecule has 0 aliphatic rings. The molecule has 8 aromatic carbocycles. The van der Waals surface area contributed by atoms with Gasteiger partial charge in [-0.1, -0.05) is 158 Å². The summed E-state index contributed by atoms with van der Waals surface area (Å²) < 4.78 is 9.08. The van der Waals surface area contributed by atoms with Crippen LogP contribution in [0.1, 0.15) is 0 Å². The lowest BCUT2D eigenvalue weighted by Gasteiger charge is -2.11. The maximum absolute atomic E-state index is 6.52. The van der Waals surface area contributed by atoms with Crippen LogP contribution >= 0.6 is 11.3 Å². The molecule has 0 atom stereocenters. The van der Waals surface area contributed by atoms with Crippen LogP contribution in [-0.2, 0) is 0 Å². The molecule has 0 fully saturated rings. The number of hydrogen-bond donors (Lipinski definition) is 0. The molecule has 4 nitrogen and oxygen atoms in total. The number of hydrogen-bond acceptors (Lipinski definition) is 5. The van der Waals surface area contributed by atoms with Gasteiger partial charge in [-0.15, -0.1) is 11.3 Å². The molecule has 11 rings (SSSR count). The Labute approximate surface area is 327 Å². The summed E-state index contributed by atoms with van der Waals surface area (Å²) in [5.41, 5.74) is 11.6. The quantitative estimate of drug-likeness (QED) is 0.171. The van der Waals surface area contributed by atoms with Gasteiger partial charge in [0, 0.05) is 47.6 Å². The van der Waals surface area contributed by atoms with E-state index in [0.29, 0.717) is 17.5 Å². The molecular formula is C51H31N3OS. The van der Waals surface area contributed by atoms with Crippen molar-refractivity contribution in [3.05, 3.63) is 188 Å². The summed E-state index contributed by atoms with van der Waals surface area (Å²) in [4.78, 5) is 14.8. The number of aromatic nitrogens is 3. The monoisotopic (exact) mass is 733 g/mol. The zero-order chi connectivity index (χ0) is 37.0. The zero-order valence-corrected chi connectivity index (χ0v) is 30.9. The van der Waals surface area contributed by atoms with Gasteiger partial charge in [0.2, 0.25) is 0 Å². The van der Waals surface area contributed by atoms with Gasteiger partial charge in [0.25, 0.3) is 0 Å². The molecule has 0 spiro atoms. The van der Waals surface area contributed by atoms with Gasteiger partial charge < -0.3 is 4.42 Å². The topological polar surface area (TPSA) is 51.8 Å². The molecular weight excluding hydrogens is 703 g/mol. The molecule has 0 aliphatic carbocycles. The molecule has 5 heteroatoms. The van der Waals surface area contributed by atoms with E-state index < -0.39 is 0 Å². The lowest BCUT2D eigenvalue weighted by atomic mass is 9.93. The van der Waals surface area contributed by atoms with Crippen LogP contribution in [0.4, 0.5) is 0 Å². The minimum absolute atomic E-state index is 0.600. The standard InChI is InChI=1S/C51H31N3OS/c1-4-12-32(13-5-1)33-20-22-34(23-21-33)39-27-28-40(48-47(39)42-18-10-11-19-46(42)56-48)37-25-29-44-43(30-37)41-26-24-38(31-45(41)55-44)51-53-49(35-14-6-2-7-15-35)52-50(54-51)36-16-8-3-9-17-36/h1-31H. The van der Waals surface area contributed by atoms with Gasteiger partial charge in [-0.25, -0.2) is 15.0 Å². The van der Waals surface area contributed by atoms with Gasteiger partial charge in [-0.05, 0) is 63.7 Å². The van der Waals surface area contributed by atoms with Crippen molar-refractivity contribution < 1.29 is 4.42 Å². The van der Waals surface area contributed by atoms with E-state index in [-0.39, 0.29) is 0 Å². The fourth-order valence-electron chi connectivity index (χ4n) is 7.79.